The Labute approximate surface area is 104 Å². The van der Waals surface area contributed by atoms with Crippen LogP contribution < -0.4 is 5.32 Å². The second-order valence-electron chi connectivity index (χ2n) is 3.86. The number of benzene rings is 1. The number of rotatable bonds is 3. The molecule has 1 aromatic rings. The molecule has 0 saturated carbocycles. The van der Waals surface area contributed by atoms with Crippen LogP contribution in [0.25, 0.3) is 0 Å². The summed E-state index contributed by atoms with van der Waals surface area (Å²) in [5.41, 5.74) is 1.83. The van der Waals surface area contributed by atoms with Gasteiger partial charge >= 0.3 is 0 Å². The third kappa shape index (κ3) is 2.83. The fourth-order valence-electron chi connectivity index (χ4n) is 1.83. The van der Waals surface area contributed by atoms with Crippen molar-refractivity contribution in [2.75, 3.05) is 11.9 Å². The maximum atomic E-state index is 7.63. The maximum Gasteiger partial charge on any atom is 0.127 e. The summed E-state index contributed by atoms with van der Waals surface area (Å²) < 4.78 is 6.01. The van der Waals surface area contributed by atoms with Gasteiger partial charge in [0.2, 0.25) is 0 Å². The van der Waals surface area contributed by atoms with Crippen LogP contribution in [0.1, 0.15) is 24.8 Å². The highest BCUT2D eigenvalue weighted by atomic mass is 79.9. The van der Waals surface area contributed by atoms with Gasteiger partial charge in [-0.1, -0.05) is 18.2 Å². The van der Waals surface area contributed by atoms with Crippen molar-refractivity contribution in [1.29, 1.82) is 5.41 Å². The molecule has 86 valence electrons. The summed E-state index contributed by atoms with van der Waals surface area (Å²) in [4.78, 5) is 0. The zero-order valence-electron chi connectivity index (χ0n) is 9.00. The van der Waals surface area contributed by atoms with Gasteiger partial charge in [0.15, 0.2) is 0 Å². The molecule has 0 spiro atoms. The van der Waals surface area contributed by atoms with E-state index in [0.29, 0.717) is 4.62 Å². The summed E-state index contributed by atoms with van der Waals surface area (Å²) >= 11 is 3.20. The van der Waals surface area contributed by atoms with E-state index in [1.807, 2.05) is 24.3 Å². The number of ether oxygens (including phenoxy) is 1. The molecule has 0 aromatic heterocycles. The first-order valence-corrected chi connectivity index (χ1v) is 6.28. The lowest BCUT2D eigenvalue weighted by atomic mass is 10.1. The second kappa shape index (κ2) is 5.46. The molecule has 0 aliphatic carbocycles. The molecule has 1 atom stereocenters. The number of nitrogens with one attached hydrogen (secondary N) is 2. The molecule has 0 bridgehead atoms. The number of para-hydroxylation sites is 1. The van der Waals surface area contributed by atoms with Gasteiger partial charge in [0.25, 0.3) is 0 Å². The molecule has 1 unspecified atom stereocenters. The summed E-state index contributed by atoms with van der Waals surface area (Å²) in [5.74, 6) is 0. The molecule has 1 aliphatic rings. The van der Waals surface area contributed by atoms with Crippen LogP contribution in [0.2, 0.25) is 0 Å². The molecule has 0 amide bonds. The largest absolute Gasteiger partial charge is 0.360 e. The Kier molecular flexibility index (Phi) is 3.96. The molecule has 1 heterocycles. The SMILES string of the molecule is N=C(Br)c1ccccc1NC1CCCCO1. The van der Waals surface area contributed by atoms with E-state index in [4.69, 9.17) is 10.1 Å². The molecular weight excluding hydrogens is 268 g/mol. The van der Waals surface area contributed by atoms with E-state index in [1.54, 1.807) is 0 Å². The van der Waals surface area contributed by atoms with Crippen molar-refractivity contribution in [2.24, 2.45) is 0 Å². The Morgan fingerprint density at radius 3 is 2.88 bits per heavy atom. The van der Waals surface area contributed by atoms with Gasteiger partial charge in [0, 0.05) is 17.9 Å². The number of hydrogen-bond donors (Lipinski definition) is 2. The minimum atomic E-state index is 0.0850. The Morgan fingerprint density at radius 2 is 2.19 bits per heavy atom. The van der Waals surface area contributed by atoms with Crippen molar-refractivity contribution in [3.05, 3.63) is 29.8 Å². The quantitative estimate of drug-likeness (QED) is 0.836. The average molecular weight is 283 g/mol. The maximum absolute atomic E-state index is 7.63. The van der Waals surface area contributed by atoms with E-state index in [9.17, 15) is 0 Å². The summed E-state index contributed by atoms with van der Waals surface area (Å²) in [5, 5.41) is 11.0. The Hall–Kier alpha value is -0.870. The Morgan fingerprint density at radius 1 is 1.38 bits per heavy atom. The fourth-order valence-corrected chi connectivity index (χ4v) is 2.17. The Balaban J connectivity index is 2.10. The molecule has 1 aliphatic heterocycles. The van der Waals surface area contributed by atoms with E-state index in [2.05, 4.69) is 21.2 Å². The van der Waals surface area contributed by atoms with Crippen molar-refractivity contribution in [3.63, 3.8) is 0 Å². The summed E-state index contributed by atoms with van der Waals surface area (Å²) in [6.07, 6.45) is 3.46. The first kappa shape index (κ1) is 11.6. The van der Waals surface area contributed by atoms with Crippen LogP contribution in [-0.2, 0) is 4.74 Å². The van der Waals surface area contributed by atoms with Crippen LogP contribution in [0.4, 0.5) is 5.69 Å². The van der Waals surface area contributed by atoms with Gasteiger partial charge in [0.05, 0.1) is 0 Å². The predicted molar refractivity (Wildman–Crippen MR) is 69.4 cm³/mol. The van der Waals surface area contributed by atoms with Crippen LogP contribution in [0, 0.1) is 5.41 Å². The van der Waals surface area contributed by atoms with Crippen molar-refractivity contribution in [1.82, 2.24) is 0 Å². The van der Waals surface area contributed by atoms with E-state index in [-0.39, 0.29) is 6.23 Å². The normalized spacial score (nSPS) is 20.4. The van der Waals surface area contributed by atoms with Crippen LogP contribution in [0.3, 0.4) is 0 Å². The minimum Gasteiger partial charge on any atom is -0.360 e. The third-order valence-corrected chi connectivity index (χ3v) is 3.09. The van der Waals surface area contributed by atoms with Gasteiger partial charge in [-0.05, 0) is 41.3 Å². The molecule has 0 radical (unpaired) electrons. The molecule has 16 heavy (non-hydrogen) atoms. The number of halogens is 1. The van der Waals surface area contributed by atoms with Crippen molar-refractivity contribution in [2.45, 2.75) is 25.5 Å². The monoisotopic (exact) mass is 282 g/mol. The average Bonchev–Trinajstić information content (AvgIpc) is 2.31. The van der Waals surface area contributed by atoms with E-state index < -0.39 is 0 Å². The highest BCUT2D eigenvalue weighted by Gasteiger charge is 2.15. The molecule has 2 rings (SSSR count). The molecule has 2 N–H and O–H groups in total. The van der Waals surface area contributed by atoms with Gasteiger partial charge in [-0.15, -0.1) is 0 Å². The second-order valence-corrected chi connectivity index (χ2v) is 4.65. The van der Waals surface area contributed by atoms with Crippen LogP contribution in [0.15, 0.2) is 24.3 Å². The highest BCUT2D eigenvalue weighted by molar-refractivity contribution is 9.18. The highest BCUT2D eigenvalue weighted by Crippen LogP contribution is 2.21. The van der Waals surface area contributed by atoms with Crippen molar-refractivity contribution in [3.8, 4) is 0 Å². The van der Waals surface area contributed by atoms with Crippen LogP contribution in [0.5, 0.6) is 0 Å². The van der Waals surface area contributed by atoms with Gasteiger partial charge in [0.1, 0.15) is 10.8 Å². The van der Waals surface area contributed by atoms with Crippen molar-refractivity contribution >= 4 is 26.2 Å². The molecule has 4 heteroatoms. The van der Waals surface area contributed by atoms with Gasteiger partial charge < -0.3 is 10.1 Å². The van der Waals surface area contributed by atoms with Gasteiger partial charge in [-0.2, -0.15) is 0 Å². The van der Waals surface area contributed by atoms with E-state index in [1.165, 1.54) is 6.42 Å². The smallest absolute Gasteiger partial charge is 0.127 e. The molecule has 3 nitrogen and oxygen atoms in total. The van der Waals surface area contributed by atoms with Gasteiger partial charge in [-0.3, -0.25) is 5.41 Å². The Bertz CT molecular complexity index is 375. The molecular formula is C12H15BrN2O. The van der Waals surface area contributed by atoms with Gasteiger partial charge in [-0.25, -0.2) is 0 Å². The summed E-state index contributed by atoms with van der Waals surface area (Å²) in [7, 11) is 0. The standard InChI is InChI=1S/C12H15BrN2O/c13-12(14)9-5-1-2-6-10(9)15-11-7-3-4-8-16-11/h1-2,5-6,11,14-15H,3-4,7-8H2. The number of anilines is 1. The molecule has 1 aromatic carbocycles. The van der Waals surface area contributed by atoms with E-state index in [0.717, 1.165) is 30.7 Å². The summed E-state index contributed by atoms with van der Waals surface area (Å²) in [6.45, 7) is 0.825. The first-order valence-electron chi connectivity index (χ1n) is 5.49. The fraction of sp³-hybridized carbons (Fsp3) is 0.417. The van der Waals surface area contributed by atoms with E-state index >= 15 is 0 Å². The number of hydrogen-bond acceptors (Lipinski definition) is 3. The minimum absolute atomic E-state index is 0.0850. The lowest BCUT2D eigenvalue weighted by molar-refractivity contribution is 0.0343. The lowest BCUT2D eigenvalue weighted by Crippen LogP contribution is -2.27. The predicted octanol–water partition coefficient (Wildman–Crippen LogP) is 3.35. The first-order chi connectivity index (χ1) is 7.77. The topological polar surface area (TPSA) is 45.1 Å². The lowest BCUT2D eigenvalue weighted by Gasteiger charge is -2.25. The van der Waals surface area contributed by atoms with Crippen molar-refractivity contribution < 1.29 is 4.74 Å². The van der Waals surface area contributed by atoms with Crippen LogP contribution in [-0.4, -0.2) is 17.5 Å². The zero-order valence-corrected chi connectivity index (χ0v) is 10.6. The molecule has 1 saturated heterocycles. The van der Waals surface area contributed by atoms with Crippen LogP contribution >= 0.6 is 15.9 Å². The molecule has 1 fully saturated rings. The summed E-state index contributed by atoms with van der Waals surface area (Å²) in [6, 6.07) is 7.79. The third-order valence-electron chi connectivity index (χ3n) is 2.66. The zero-order chi connectivity index (χ0) is 11.4.